The fourth-order valence-electron chi connectivity index (χ4n) is 3.03. The fraction of sp³-hybridized carbons (Fsp3) is 0.400. The zero-order chi connectivity index (χ0) is 22.5. The predicted molar refractivity (Wildman–Crippen MR) is 129 cm³/mol. The van der Waals surface area contributed by atoms with Gasteiger partial charge in [0.1, 0.15) is 5.75 Å². The number of hydrazone groups is 1. The molecule has 2 aromatic rings. The van der Waals surface area contributed by atoms with Crippen molar-refractivity contribution in [2.75, 3.05) is 0 Å². The number of nitrogens with one attached hydrogen (secondary N) is 1. The molecule has 0 fully saturated rings. The number of unbranched alkanes of at least 4 members (excludes halogenated alkanes) is 6. The van der Waals surface area contributed by atoms with E-state index in [0.29, 0.717) is 23.3 Å². The molecule has 0 bridgehead atoms. The van der Waals surface area contributed by atoms with Crippen molar-refractivity contribution in [2.45, 2.75) is 65.2 Å². The zero-order valence-corrected chi connectivity index (χ0v) is 19.9. The van der Waals surface area contributed by atoms with Gasteiger partial charge in [-0.15, -0.1) is 0 Å². The third kappa shape index (κ3) is 9.47. The number of nitrogens with zero attached hydrogens (tertiary/aromatic N) is 1. The Morgan fingerprint density at radius 2 is 1.68 bits per heavy atom. The summed E-state index contributed by atoms with van der Waals surface area (Å²) in [6.07, 6.45) is 10.1. The zero-order valence-electron chi connectivity index (χ0n) is 18.3. The summed E-state index contributed by atoms with van der Waals surface area (Å²) in [7, 11) is 0. The van der Waals surface area contributed by atoms with E-state index in [2.05, 4.69) is 33.4 Å². The van der Waals surface area contributed by atoms with Gasteiger partial charge in [-0.25, -0.2) is 10.2 Å². The first kappa shape index (κ1) is 24.8. The molecule has 31 heavy (non-hydrogen) atoms. The third-order valence-corrected chi connectivity index (χ3v) is 5.36. The minimum Gasteiger partial charge on any atom is -0.422 e. The van der Waals surface area contributed by atoms with E-state index in [1.54, 1.807) is 30.3 Å². The lowest BCUT2D eigenvalue weighted by Crippen LogP contribution is -2.17. The van der Waals surface area contributed by atoms with Crippen molar-refractivity contribution in [2.24, 2.45) is 5.10 Å². The summed E-state index contributed by atoms with van der Waals surface area (Å²) in [5, 5.41) is 4.04. The van der Waals surface area contributed by atoms with Crippen LogP contribution >= 0.6 is 15.9 Å². The molecule has 0 aromatic heterocycles. The molecule has 0 unspecified atom stereocenters. The third-order valence-electron chi connectivity index (χ3n) is 4.86. The maximum atomic E-state index is 12.4. The molecule has 0 aliphatic rings. The molecule has 0 heterocycles. The van der Waals surface area contributed by atoms with Crippen molar-refractivity contribution in [1.82, 2.24) is 5.43 Å². The molecule has 2 rings (SSSR count). The second kappa shape index (κ2) is 13.8. The lowest BCUT2D eigenvalue weighted by atomic mass is 10.1. The van der Waals surface area contributed by atoms with E-state index in [4.69, 9.17) is 4.74 Å². The first-order valence-electron chi connectivity index (χ1n) is 10.9. The normalized spacial score (nSPS) is 10.9. The monoisotopic (exact) mass is 486 g/mol. The van der Waals surface area contributed by atoms with Crippen molar-refractivity contribution in [3.63, 3.8) is 0 Å². The number of halogens is 1. The Morgan fingerprint density at radius 1 is 1.00 bits per heavy atom. The van der Waals surface area contributed by atoms with Gasteiger partial charge in [-0.3, -0.25) is 4.79 Å². The first-order chi connectivity index (χ1) is 15.0. The lowest BCUT2D eigenvalue weighted by Gasteiger charge is -2.08. The lowest BCUT2D eigenvalue weighted by molar-refractivity contribution is -0.121. The van der Waals surface area contributed by atoms with Crippen LogP contribution in [0.15, 0.2) is 52.0 Å². The number of hydrogen-bond acceptors (Lipinski definition) is 4. The molecule has 5 nitrogen and oxygen atoms in total. The summed E-state index contributed by atoms with van der Waals surface area (Å²) < 4.78 is 6.36. The molecule has 1 amide bonds. The molecule has 0 radical (unpaired) electrons. The Morgan fingerprint density at radius 3 is 2.39 bits per heavy atom. The summed E-state index contributed by atoms with van der Waals surface area (Å²) in [5.74, 6) is -0.184. The summed E-state index contributed by atoms with van der Waals surface area (Å²) in [6, 6.07) is 12.4. The average molecular weight is 487 g/mol. The van der Waals surface area contributed by atoms with Gasteiger partial charge in [-0.2, -0.15) is 5.10 Å². The number of benzene rings is 2. The molecule has 1 N–H and O–H groups in total. The topological polar surface area (TPSA) is 67.8 Å². The van der Waals surface area contributed by atoms with E-state index < -0.39 is 5.97 Å². The van der Waals surface area contributed by atoms with Crippen LogP contribution in [0.25, 0.3) is 0 Å². The van der Waals surface area contributed by atoms with Crippen molar-refractivity contribution in [1.29, 1.82) is 0 Å². The van der Waals surface area contributed by atoms with Crippen LogP contribution in [0.5, 0.6) is 5.75 Å². The summed E-state index contributed by atoms with van der Waals surface area (Å²) in [5.41, 5.74) is 4.69. The highest BCUT2D eigenvalue weighted by Gasteiger charge is 2.11. The van der Waals surface area contributed by atoms with Gasteiger partial charge in [-0.05, 0) is 43.7 Å². The minimum atomic E-state index is -0.444. The van der Waals surface area contributed by atoms with Crippen LogP contribution in [-0.4, -0.2) is 18.1 Å². The number of amides is 1. The minimum absolute atomic E-state index is 0.113. The molecule has 166 valence electrons. The van der Waals surface area contributed by atoms with Crippen LogP contribution in [0, 0.1) is 6.92 Å². The van der Waals surface area contributed by atoms with E-state index in [9.17, 15) is 9.59 Å². The van der Waals surface area contributed by atoms with E-state index in [-0.39, 0.29) is 5.91 Å². The van der Waals surface area contributed by atoms with Gasteiger partial charge in [0.25, 0.3) is 0 Å². The Balaban J connectivity index is 1.86. The fourth-order valence-corrected chi connectivity index (χ4v) is 3.41. The van der Waals surface area contributed by atoms with E-state index in [1.165, 1.54) is 38.3 Å². The first-order valence-corrected chi connectivity index (χ1v) is 11.7. The maximum Gasteiger partial charge on any atom is 0.343 e. The molecule has 0 aliphatic heterocycles. The smallest absolute Gasteiger partial charge is 0.343 e. The van der Waals surface area contributed by atoms with Crippen molar-refractivity contribution >= 4 is 34.0 Å². The van der Waals surface area contributed by atoms with Crippen LogP contribution in [0.1, 0.15) is 79.8 Å². The van der Waals surface area contributed by atoms with Gasteiger partial charge >= 0.3 is 5.97 Å². The molecule has 0 saturated carbocycles. The number of rotatable bonds is 12. The van der Waals surface area contributed by atoms with Gasteiger partial charge in [0.2, 0.25) is 5.91 Å². The molecule has 0 saturated heterocycles. The molecule has 0 aliphatic carbocycles. The van der Waals surface area contributed by atoms with E-state index in [0.717, 1.165) is 22.9 Å². The molecule has 0 spiro atoms. The van der Waals surface area contributed by atoms with Crippen molar-refractivity contribution in [3.05, 3.63) is 63.6 Å². The van der Waals surface area contributed by atoms with E-state index >= 15 is 0 Å². The highest BCUT2D eigenvalue weighted by molar-refractivity contribution is 9.10. The number of ether oxygens (including phenoxy) is 1. The molecule has 6 heteroatoms. The van der Waals surface area contributed by atoms with Crippen LogP contribution < -0.4 is 10.2 Å². The number of esters is 1. The van der Waals surface area contributed by atoms with Gasteiger partial charge in [0, 0.05) is 16.5 Å². The highest BCUT2D eigenvalue weighted by atomic mass is 79.9. The second-order valence-electron chi connectivity index (χ2n) is 7.60. The maximum absolute atomic E-state index is 12.4. The van der Waals surface area contributed by atoms with Crippen LogP contribution in [0.2, 0.25) is 0 Å². The second-order valence-corrected chi connectivity index (χ2v) is 8.52. The number of carbonyl (C=O) groups is 2. The summed E-state index contributed by atoms with van der Waals surface area (Å²) in [6.45, 7) is 4.16. The number of carbonyl (C=O) groups excluding carboxylic acids is 2. The average Bonchev–Trinajstić information content (AvgIpc) is 2.75. The summed E-state index contributed by atoms with van der Waals surface area (Å²) >= 11 is 3.41. The van der Waals surface area contributed by atoms with Crippen molar-refractivity contribution < 1.29 is 14.3 Å². The van der Waals surface area contributed by atoms with Crippen molar-refractivity contribution in [3.8, 4) is 5.75 Å². The van der Waals surface area contributed by atoms with Crippen LogP contribution in [0.4, 0.5) is 0 Å². The number of hydrogen-bond donors (Lipinski definition) is 1. The van der Waals surface area contributed by atoms with Gasteiger partial charge in [0.15, 0.2) is 0 Å². The van der Waals surface area contributed by atoms with Gasteiger partial charge in [-0.1, -0.05) is 79.1 Å². The Bertz CT molecular complexity index is 879. The molecular formula is C25H31BrN2O3. The number of aryl methyl sites for hydroxylation is 1. The highest BCUT2D eigenvalue weighted by Crippen LogP contribution is 2.23. The SMILES string of the molecule is CCCCCCCCCC(=O)NN=Cc1cc(Br)ccc1OC(=O)c1ccc(C)cc1. The van der Waals surface area contributed by atoms with Gasteiger partial charge < -0.3 is 4.74 Å². The Labute approximate surface area is 193 Å². The van der Waals surface area contributed by atoms with Crippen LogP contribution in [0.3, 0.4) is 0 Å². The standard InChI is InChI=1S/C25H31BrN2O3/c1-3-4-5-6-7-8-9-10-24(29)28-27-18-21-17-22(26)15-16-23(21)31-25(30)20-13-11-19(2)12-14-20/h11-18H,3-10H2,1-2H3,(H,28,29). The molecule has 2 aromatic carbocycles. The predicted octanol–water partition coefficient (Wildman–Crippen LogP) is 6.57. The molecule has 0 atom stereocenters. The largest absolute Gasteiger partial charge is 0.422 e. The molecular weight excluding hydrogens is 456 g/mol. The van der Waals surface area contributed by atoms with Crippen LogP contribution in [-0.2, 0) is 4.79 Å². The van der Waals surface area contributed by atoms with E-state index in [1.807, 2.05) is 19.1 Å². The Kier molecular flexibility index (Phi) is 11.0. The Hall–Kier alpha value is -2.47. The summed E-state index contributed by atoms with van der Waals surface area (Å²) in [4.78, 5) is 24.4. The van der Waals surface area contributed by atoms with Gasteiger partial charge in [0.05, 0.1) is 11.8 Å². The quantitative estimate of drug-likeness (QED) is 0.121.